The van der Waals surface area contributed by atoms with Gasteiger partial charge in [0, 0.05) is 24.3 Å². The van der Waals surface area contributed by atoms with Crippen LogP contribution in [-0.2, 0) is 27.8 Å². The molecule has 0 aliphatic heterocycles. The van der Waals surface area contributed by atoms with E-state index in [2.05, 4.69) is 36.5 Å². The number of carbonyl (C=O) groups is 1. The van der Waals surface area contributed by atoms with Gasteiger partial charge in [-0.3, -0.25) is 4.79 Å². The summed E-state index contributed by atoms with van der Waals surface area (Å²) in [7, 11) is 0.0109. The van der Waals surface area contributed by atoms with Crippen molar-refractivity contribution in [3.05, 3.63) is 59.7 Å². The van der Waals surface area contributed by atoms with Crippen LogP contribution in [0.2, 0.25) is 0 Å². The molecule has 0 radical (unpaired) electrons. The number of nitrogens with zero attached hydrogens (tertiary/aromatic N) is 1. The average Bonchev–Trinajstić information content (AvgIpc) is 2.68. The Labute approximate surface area is 174 Å². The summed E-state index contributed by atoms with van der Waals surface area (Å²) in [6.45, 7) is 6.86. The van der Waals surface area contributed by atoms with Gasteiger partial charge in [0.15, 0.2) is 6.54 Å². The number of sulfonamides is 1. The number of hydrogen-bond donors (Lipinski definition) is 2. The predicted molar refractivity (Wildman–Crippen MR) is 116 cm³/mol. The molecule has 0 aromatic heterocycles. The van der Waals surface area contributed by atoms with Gasteiger partial charge in [-0.2, -0.15) is 4.31 Å². The summed E-state index contributed by atoms with van der Waals surface area (Å²) in [4.78, 5) is 13.6. The van der Waals surface area contributed by atoms with Crippen LogP contribution < -0.4 is 10.2 Å². The first kappa shape index (κ1) is 23.1. The Morgan fingerprint density at radius 3 is 2.10 bits per heavy atom. The Bertz CT molecular complexity index is 907. The number of rotatable bonds is 9. The Kier molecular flexibility index (Phi) is 7.96. The lowest BCUT2D eigenvalue weighted by molar-refractivity contribution is -0.885. The number of quaternary nitrogens is 1. The smallest absolute Gasteiger partial charge is 0.279 e. The molecule has 158 valence electrons. The molecule has 0 bridgehead atoms. The van der Waals surface area contributed by atoms with E-state index >= 15 is 0 Å². The zero-order valence-electron chi connectivity index (χ0n) is 17.9. The number of hydrogen-bond acceptors (Lipinski definition) is 3. The van der Waals surface area contributed by atoms with Crippen molar-refractivity contribution in [2.24, 2.45) is 0 Å². The molecule has 1 unspecified atom stereocenters. The molecule has 0 fully saturated rings. The summed E-state index contributed by atoms with van der Waals surface area (Å²) in [6.07, 6.45) is 1.01. The highest BCUT2D eigenvalue weighted by Crippen LogP contribution is 2.18. The fourth-order valence-electron chi connectivity index (χ4n) is 2.94. The van der Waals surface area contributed by atoms with Crippen LogP contribution in [0, 0.1) is 0 Å². The molecular weight excluding hydrogens is 386 g/mol. The van der Waals surface area contributed by atoms with Gasteiger partial charge < -0.3 is 10.2 Å². The second-order valence-electron chi connectivity index (χ2n) is 7.67. The molecule has 1 amide bonds. The third kappa shape index (κ3) is 6.39. The normalized spacial score (nSPS) is 12.9. The summed E-state index contributed by atoms with van der Waals surface area (Å²) in [5, 5.41) is 2.84. The molecule has 7 heteroatoms. The van der Waals surface area contributed by atoms with Crippen LogP contribution in [0.5, 0.6) is 0 Å². The van der Waals surface area contributed by atoms with Crippen LogP contribution in [0.15, 0.2) is 53.4 Å². The van der Waals surface area contributed by atoms with Gasteiger partial charge in [0.05, 0.1) is 11.9 Å². The first-order valence-corrected chi connectivity index (χ1v) is 11.3. The summed E-state index contributed by atoms with van der Waals surface area (Å²) in [5.41, 5.74) is 3.08. The zero-order chi connectivity index (χ0) is 21.6. The van der Waals surface area contributed by atoms with Gasteiger partial charge in [-0.15, -0.1) is 0 Å². The Balaban J connectivity index is 1.93. The van der Waals surface area contributed by atoms with E-state index in [1.807, 2.05) is 20.9 Å². The largest absolute Gasteiger partial charge is 0.326 e. The molecule has 0 aliphatic rings. The van der Waals surface area contributed by atoms with E-state index in [9.17, 15) is 13.2 Å². The van der Waals surface area contributed by atoms with Crippen molar-refractivity contribution in [3.8, 4) is 0 Å². The van der Waals surface area contributed by atoms with E-state index in [1.54, 1.807) is 19.2 Å². The number of carbonyl (C=O) groups excluding carboxylic acids is 1. The Morgan fingerprint density at radius 2 is 1.59 bits per heavy atom. The number of aryl methyl sites for hydroxylation is 1. The quantitative estimate of drug-likeness (QED) is 0.654. The van der Waals surface area contributed by atoms with E-state index in [4.69, 9.17) is 0 Å². The van der Waals surface area contributed by atoms with Crippen LogP contribution >= 0.6 is 0 Å². The molecule has 2 aromatic carbocycles. The lowest BCUT2D eigenvalue weighted by Crippen LogP contribution is -3.08. The highest BCUT2D eigenvalue weighted by molar-refractivity contribution is 7.89. The number of amides is 1. The highest BCUT2D eigenvalue weighted by atomic mass is 32.2. The number of likely N-dealkylation sites (N-methyl/N-ethyl adjacent to an activating group) is 1. The van der Waals surface area contributed by atoms with Gasteiger partial charge in [-0.1, -0.05) is 31.2 Å². The second-order valence-corrected chi connectivity index (χ2v) is 9.67. The molecule has 1 atom stereocenters. The third-order valence-corrected chi connectivity index (χ3v) is 6.99. The highest BCUT2D eigenvalue weighted by Gasteiger charge is 2.23. The standard InChI is InChI=1S/C22H31N3O3S/c1-6-18-7-9-19(10-8-18)15-24(4)16-22(26)23-20-11-13-21(14-12-20)29(27,28)25(5)17(2)3/h7-14,17H,6,15-16H2,1-5H3,(H,23,26)/p+1. The molecule has 2 aromatic rings. The maximum absolute atomic E-state index is 12.5. The van der Waals surface area contributed by atoms with Crippen molar-refractivity contribution in [1.82, 2.24) is 4.31 Å². The fourth-order valence-corrected chi connectivity index (χ4v) is 4.30. The van der Waals surface area contributed by atoms with E-state index in [1.165, 1.54) is 27.6 Å². The minimum atomic E-state index is -3.53. The van der Waals surface area contributed by atoms with Crippen LogP contribution in [-0.4, -0.2) is 45.3 Å². The maximum Gasteiger partial charge on any atom is 0.279 e. The lowest BCUT2D eigenvalue weighted by atomic mass is 10.1. The molecule has 2 N–H and O–H groups in total. The zero-order valence-corrected chi connectivity index (χ0v) is 18.7. The molecule has 0 saturated heterocycles. The van der Waals surface area contributed by atoms with E-state index in [0.717, 1.165) is 17.9 Å². The van der Waals surface area contributed by atoms with Gasteiger partial charge in [-0.25, -0.2) is 8.42 Å². The number of benzene rings is 2. The van der Waals surface area contributed by atoms with Crippen molar-refractivity contribution >= 4 is 21.6 Å². The minimum Gasteiger partial charge on any atom is -0.326 e. The molecule has 29 heavy (non-hydrogen) atoms. The number of anilines is 1. The van der Waals surface area contributed by atoms with Gasteiger partial charge in [0.25, 0.3) is 5.91 Å². The van der Waals surface area contributed by atoms with Crippen molar-refractivity contribution in [2.45, 2.75) is 44.7 Å². The summed E-state index contributed by atoms with van der Waals surface area (Å²) in [6, 6.07) is 14.6. The SMILES string of the molecule is CCc1ccc(C[NH+](C)CC(=O)Nc2ccc(S(=O)(=O)N(C)C(C)C)cc2)cc1. The van der Waals surface area contributed by atoms with Gasteiger partial charge in [0.1, 0.15) is 6.54 Å². The first-order valence-electron chi connectivity index (χ1n) is 9.90. The molecular formula is C22H32N3O3S+. The van der Waals surface area contributed by atoms with E-state index in [0.29, 0.717) is 12.2 Å². The van der Waals surface area contributed by atoms with E-state index in [-0.39, 0.29) is 16.8 Å². The van der Waals surface area contributed by atoms with Gasteiger partial charge >= 0.3 is 0 Å². The molecule has 0 aliphatic carbocycles. The fraction of sp³-hybridized carbons (Fsp3) is 0.409. The van der Waals surface area contributed by atoms with Crippen LogP contribution in [0.3, 0.4) is 0 Å². The summed E-state index contributed by atoms with van der Waals surface area (Å²) in [5.74, 6) is -0.109. The topological polar surface area (TPSA) is 70.9 Å². The van der Waals surface area contributed by atoms with Gasteiger partial charge in [-0.05, 0) is 50.1 Å². The van der Waals surface area contributed by atoms with Crippen molar-refractivity contribution < 1.29 is 18.1 Å². The van der Waals surface area contributed by atoms with Crippen molar-refractivity contribution in [3.63, 3.8) is 0 Å². The third-order valence-electron chi connectivity index (χ3n) is 4.94. The molecule has 6 nitrogen and oxygen atoms in total. The van der Waals surface area contributed by atoms with Crippen molar-refractivity contribution in [2.75, 3.05) is 26.0 Å². The second kappa shape index (κ2) is 10.0. The molecule has 0 spiro atoms. The monoisotopic (exact) mass is 418 g/mol. The molecule has 2 rings (SSSR count). The Hall–Kier alpha value is -2.22. The van der Waals surface area contributed by atoms with Crippen LogP contribution in [0.25, 0.3) is 0 Å². The lowest BCUT2D eigenvalue weighted by Gasteiger charge is -2.21. The number of nitrogens with one attached hydrogen (secondary N) is 2. The minimum absolute atomic E-state index is 0.109. The predicted octanol–water partition coefficient (Wildman–Crippen LogP) is 1.93. The average molecular weight is 419 g/mol. The Morgan fingerprint density at radius 1 is 1.03 bits per heavy atom. The van der Waals surface area contributed by atoms with Crippen LogP contribution in [0.1, 0.15) is 31.9 Å². The van der Waals surface area contributed by atoms with Crippen LogP contribution in [0.4, 0.5) is 5.69 Å². The first-order chi connectivity index (χ1) is 13.6. The van der Waals surface area contributed by atoms with E-state index < -0.39 is 10.0 Å². The van der Waals surface area contributed by atoms with Gasteiger partial charge in [0.2, 0.25) is 10.0 Å². The summed E-state index contributed by atoms with van der Waals surface area (Å²) >= 11 is 0. The summed E-state index contributed by atoms with van der Waals surface area (Å²) < 4.78 is 26.3. The molecule has 0 heterocycles. The maximum atomic E-state index is 12.5. The molecule has 0 saturated carbocycles. The van der Waals surface area contributed by atoms with Crippen molar-refractivity contribution in [1.29, 1.82) is 0 Å².